The van der Waals surface area contributed by atoms with Gasteiger partial charge in [0.15, 0.2) is 0 Å². The fourth-order valence-corrected chi connectivity index (χ4v) is 9.45. The van der Waals surface area contributed by atoms with Gasteiger partial charge in [-0.1, -0.05) is 51.1 Å². The number of aryl methyl sites for hydroxylation is 1. The number of thiazole rings is 1. The molecule has 1 aliphatic heterocycles. The standard InChI is InChI=1S/C36H47N5O7S2/c1-6-23-18-36(23,33(44)40-50(46,47)25-15-16-25)39-30(42)28-17-22(27-20-49-31(37-27)26-14-10-7-11-21(26)2)19-41(28)32(43)29(35(3,4)5)38-34(45)48-24-12-8-9-13-24/h6-7,10-11,14,20,22-25,28-29H,1,8-9,12-13,15-19H2,2-5H3,(H,38,45)(H,39,42)(H,40,44)/t22-,23-,28+,29-,36-/m1/s1. The largest absolute Gasteiger partial charge is 0.446 e. The van der Waals surface area contributed by atoms with Crippen molar-refractivity contribution in [2.75, 3.05) is 6.54 Å². The summed E-state index contributed by atoms with van der Waals surface area (Å²) >= 11 is 1.49. The van der Waals surface area contributed by atoms with Crippen molar-refractivity contribution in [3.05, 3.63) is 53.6 Å². The predicted molar refractivity (Wildman–Crippen MR) is 190 cm³/mol. The number of alkyl carbamates (subject to hydrolysis) is 1. The normalized spacial score (nSPS) is 25.8. The smallest absolute Gasteiger partial charge is 0.408 e. The number of rotatable bonds is 11. The van der Waals surface area contributed by atoms with Gasteiger partial charge < -0.3 is 20.3 Å². The lowest BCUT2D eigenvalue weighted by Gasteiger charge is -2.35. The minimum absolute atomic E-state index is 0.153. The van der Waals surface area contributed by atoms with Crippen LogP contribution in [0.3, 0.4) is 0 Å². The van der Waals surface area contributed by atoms with Crippen LogP contribution < -0.4 is 15.4 Å². The Morgan fingerprint density at radius 1 is 1.12 bits per heavy atom. The van der Waals surface area contributed by atoms with Gasteiger partial charge in [-0.25, -0.2) is 18.2 Å². The van der Waals surface area contributed by atoms with Gasteiger partial charge in [0.2, 0.25) is 21.8 Å². The zero-order valence-electron chi connectivity index (χ0n) is 29.1. The lowest BCUT2D eigenvalue weighted by molar-refractivity contribution is -0.142. The summed E-state index contributed by atoms with van der Waals surface area (Å²) in [5.74, 6) is -2.64. The molecule has 2 heterocycles. The molecule has 270 valence electrons. The average molecular weight is 726 g/mol. The number of hydrogen-bond acceptors (Lipinski definition) is 9. The lowest BCUT2D eigenvalue weighted by atomic mass is 9.85. The van der Waals surface area contributed by atoms with E-state index < -0.39 is 68.0 Å². The Morgan fingerprint density at radius 3 is 2.44 bits per heavy atom. The summed E-state index contributed by atoms with van der Waals surface area (Å²) in [6.07, 6.45) is 5.52. The molecule has 1 saturated heterocycles. The van der Waals surface area contributed by atoms with E-state index in [4.69, 9.17) is 9.72 Å². The second-order valence-electron chi connectivity index (χ2n) is 15.3. The van der Waals surface area contributed by atoms with E-state index in [9.17, 15) is 27.6 Å². The highest BCUT2D eigenvalue weighted by Gasteiger charge is 2.62. The maximum atomic E-state index is 14.5. The molecule has 5 atom stereocenters. The first-order valence-corrected chi connectivity index (χ1v) is 19.8. The summed E-state index contributed by atoms with van der Waals surface area (Å²) in [4.78, 5) is 61.7. The molecule has 6 rings (SSSR count). The van der Waals surface area contributed by atoms with Crippen molar-refractivity contribution in [1.29, 1.82) is 0 Å². The topological polar surface area (TPSA) is 164 Å². The van der Waals surface area contributed by atoms with Crippen LogP contribution >= 0.6 is 11.3 Å². The third-order valence-electron chi connectivity index (χ3n) is 10.4. The Hall–Kier alpha value is -3.78. The van der Waals surface area contributed by atoms with Crippen LogP contribution in [0.1, 0.15) is 89.3 Å². The van der Waals surface area contributed by atoms with Gasteiger partial charge in [-0.05, 0) is 69.3 Å². The molecule has 4 aliphatic rings. The van der Waals surface area contributed by atoms with Crippen LogP contribution in [0, 0.1) is 18.3 Å². The summed E-state index contributed by atoms with van der Waals surface area (Å²) in [6, 6.07) is 5.89. The number of nitrogens with zero attached hydrogens (tertiary/aromatic N) is 2. The monoisotopic (exact) mass is 725 g/mol. The zero-order valence-corrected chi connectivity index (χ0v) is 30.7. The molecule has 0 unspecified atom stereocenters. The maximum absolute atomic E-state index is 14.5. The van der Waals surface area contributed by atoms with Gasteiger partial charge in [0.05, 0.1) is 10.9 Å². The van der Waals surface area contributed by atoms with E-state index in [0.717, 1.165) is 47.5 Å². The number of carbonyl (C=O) groups is 4. The molecule has 3 saturated carbocycles. The first-order valence-electron chi connectivity index (χ1n) is 17.4. The second kappa shape index (κ2) is 13.7. The second-order valence-corrected chi connectivity index (χ2v) is 18.1. The first-order chi connectivity index (χ1) is 23.6. The Kier molecular flexibility index (Phi) is 9.90. The summed E-state index contributed by atoms with van der Waals surface area (Å²) in [5.41, 5.74) is 0.567. The molecule has 3 aliphatic carbocycles. The Labute approximate surface area is 297 Å². The summed E-state index contributed by atoms with van der Waals surface area (Å²) in [5, 5.41) is 7.80. The number of sulfonamides is 1. The number of benzene rings is 1. The van der Waals surface area contributed by atoms with Crippen molar-refractivity contribution < 1.29 is 32.3 Å². The van der Waals surface area contributed by atoms with E-state index in [1.54, 1.807) is 0 Å². The van der Waals surface area contributed by atoms with Gasteiger partial charge in [-0.2, -0.15) is 0 Å². The van der Waals surface area contributed by atoms with E-state index in [2.05, 4.69) is 21.9 Å². The zero-order chi connectivity index (χ0) is 36.0. The van der Waals surface area contributed by atoms with Gasteiger partial charge in [0.25, 0.3) is 5.91 Å². The van der Waals surface area contributed by atoms with Crippen LogP contribution in [0.2, 0.25) is 0 Å². The highest BCUT2D eigenvalue weighted by Crippen LogP contribution is 2.46. The molecule has 0 bridgehead atoms. The number of ether oxygens (including phenoxy) is 1. The Bertz CT molecular complexity index is 1780. The molecule has 0 radical (unpaired) electrons. The molecule has 4 amide bonds. The maximum Gasteiger partial charge on any atom is 0.408 e. The van der Waals surface area contributed by atoms with E-state index in [1.165, 1.54) is 22.3 Å². The van der Waals surface area contributed by atoms with E-state index >= 15 is 0 Å². The molecular weight excluding hydrogens is 679 g/mol. The first kappa shape index (κ1) is 36.0. The summed E-state index contributed by atoms with van der Waals surface area (Å²) < 4.78 is 33.2. The molecule has 3 N–H and O–H groups in total. The Morgan fingerprint density at radius 2 is 1.82 bits per heavy atom. The number of carbonyl (C=O) groups excluding carboxylic acids is 4. The van der Waals surface area contributed by atoms with Crippen molar-refractivity contribution in [2.45, 2.75) is 114 Å². The van der Waals surface area contributed by atoms with Gasteiger partial charge in [0.1, 0.15) is 28.7 Å². The van der Waals surface area contributed by atoms with Gasteiger partial charge in [-0.3, -0.25) is 19.1 Å². The van der Waals surface area contributed by atoms with E-state index in [-0.39, 0.29) is 31.4 Å². The minimum Gasteiger partial charge on any atom is -0.446 e. The molecular formula is C36H47N5O7S2. The molecule has 0 spiro atoms. The van der Waals surface area contributed by atoms with Gasteiger partial charge in [-0.15, -0.1) is 17.9 Å². The van der Waals surface area contributed by atoms with Crippen LogP contribution in [0.25, 0.3) is 10.6 Å². The molecule has 1 aromatic carbocycles. The number of amides is 4. The van der Waals surface area contributed by atoms with Crippen LogP contribution in [0.5, 0.6) is 0 Å². The van der Waals surface area contributed by atoms with Gasteiger partial charge >= 0.3 is 6.09 Å². The van der Waals surface area contributed by atoms with Gasteiger partial charge in [0, 0.05) is 29.3 Å². The minimum atomic E-state index is -3.87. The van der Waals surface area contributed by atoms with Crippen molar-refractivity contribution in [3.63, 3.8) is 0 Å². The van der Waals surface area contributed by atoms with Crippen molar-refractivity contribution >= 4 is 45.2 Å². The van der Waals surface area contributed by atoms with Crippen molar-refractivity contribution in [3.8, 4) is 10.6 Å². The molecule has 1 aromatic heterocycles. The average Bonchev–Trinajstić information content (AvgIpc) is 3.82. The molecule has 4 fully saturated rings. The molecule has 2 aromatic rings. The van der Waals surface area contributed by atoms with Crippen LogP contribution in [0.4, 0.5) is 4.79 Å². The third kappa shape index (κ3) is 7.46. The number of aromatic nitrogens is 1. The SMILES string of the molecule is C=C[C@@H]1C[C@]1(NC(=O)[C@@H]1C[C@@H](c2csc(-c3ccccc3C)n2)CN1C(=O)[C@@H](NC(=O)OC1CCCC1)C(C)(C)C)C(=O)NS(=O)(=O)C1CC1. The van der Waals surface area contributed by atoms with E-state index in [0.29, 0.717) is 12.8 Å². The number of hydrogen-bond donors (Lipinski definition) is 3. The fraction of sp³-hybridized carbons (Fsp3) is 0.583. The van der Waals surface area contributed by atoms with Crippen molar-refractivity contribution in [1.82, 2.24) is 25.2 Å². The highest BCUT2D eigenvalue weighted by molar-refractivity contribution is 7.91. The highest BCUT2D eigenvalue weighted by atomic mass is 32.2. The Balaban J connectivity index is 1.27. The summed E-state index contributed by atoms with van der Waals surface area (Å²) in [7, 11) is -3.87. The third-order valence-corrected chi connectivity index (χ3v) is 13.1. The quantitative estimate of drug-likeness (QED) is 0.284. The molecule has 50 heavy (non-hydrogen) atoms. The van der Waals surface area contributed by atoms with Crippen molar-refractivity contribution in [2.24, 2.45) is 11.3 Å². The molecule has 14 heteroatoms. The summed E-state index contributed by atoms with van der Waals surface area (Å²) in [6.45, 7) is 11.5. The van der Waals surface area contributed by atoms with Crippen LogP contribution in [-0.2, 0) is 29.1 Å². The van der Waals surface area contributed by atoms with Crippen LogP contribution in [-0.4, -0.2) is 77.6 Å². The van der Waals surface area contributed by atoms with Crippen LogP contribution in [0.15, 0.2) is 42.3 Å². The lowest BCUT2D eigenvalue weighted by Crippen LogP contribution is -2.60. The van der Waals surface area contributed by atoms with E-state index in [1.807, 2.05) is 57.3 Å². The fourth-order valence-electron chi connectivity index (χ4n) is 7.10. The number of nitrogens with one attached hydrogen (secondary N) is 3. The number of likely N-dealkylation sites (tertiary alicyclic amines) is 1. The predicted octanol–water partition coefficient (Wildman–Crippen LogP) is 4.56. The molecule has 12 nitrogen and oxygen atoms in total.